The number of fused-ring (bicyclic) bond motifs is 1. The standard InChI is InChI=1S/C21H20ClN3O3S/c1-2-27-16-6-8-17(9-7-16)28-11-20(26)23-21-18-12-29-13-19(18)24-25(21)15-5-3-4-14(22)10-15/h3-10H,2,11-13H2,1H3,(H,23,26). The first kappa shape index (κ1) is 19.7. The Morgan fingerprint density at radius 3 is 2.66 bits per heavy atom. The summed E-state index contributed by atoms with van der Waals surface area (Å²) < 4.78 is 12.8. The van der Waals surface area contributed by atoms with Crippen LogP contribution in [-0.2, 0) is 16.3 Å². The molecule has 0 atom stereocenters. The van der Waals surface area contributed by atoms with Gasteiger partial charge in [0.15, 0.2) is 6.61 Å². The summed E-state index contributed by atoms with van der Waals surface area (Å²) in [5, 5.41) is 8.25. The molecule has 0 fully saturated rings. The molecule has 0 saturated heterocycles. The normalized spacial score (nSPS) is 12.5. The van der Waals surface area contributed by atoms with Gasteiger partial charge in [-0.25, -0.2) is 4.68 Å². The minimum atomic E-state index is -0.248. The molecule has 0 bridgehead atoms. The summed E-state index contributed by atoms with van der Waals surface area (Å²) in [6, 6.07) is 14.6. The predicted octanol–water partition coefficient (Wildman–Crippen LogP) is 4.69. The number of thioether (sulfide) groups is 1. The lowest BCUT2D eigenvalue weighted by Crippen LogP contribution is -2.22. The van der Waals surface area contributed by atoms with Crippen LogP contribution in [0.1, 0.15) is 18.2 Å². The van der Waals surface area contributed by atoms with Gasteiger partial charge in [0.05, 0.1) is 18.0 Å². The second-order valence-electron chi connectivity index (χ2n) is 6.40. The first-order valence-corrected chi connectivity index (χ1v) is 10.8. The summed E-state index contributed by atoms with van der Waals surface area (Å²) >= 11 is 7.91. The number of aromatic nitrogens is 2. The van der Waals surface area contributed by atoms with Crippen LogP contribution in [-0.4, -0.2) is 28.9 Å². The maximum Gasteiger partial charge on any atom is 0.263 e. The molecule has 3 aromatic rings. The zero-order valence-corrected chi connectivity index (χ0v) is 17.4. The minimum Gasteiger partial charge on any atom is -0.494 e. The predicted molar refractivity (Wildman–Crippen MR) is 115 cm³/mol. The Hall–Kier alpha value is -2.64. The number of carbonyl (C=O) groups is 1. The molecule has 1 aromatic heterocycles. The Morgan fingerprint density at radius 2 is 1.93 bits per heavy atom. The molecule has 1 amide bonds. The van der Waals surface area contributed by atoms with E-state index in [0.717, 1.165) is 34.2 Å². The number of hydrogen-bond donors (Lipinski definition) is 1. The summed E-state index contributed by atoms with van der Waals surface area (Å²) in [6.45, 7) is 2.43. The summed E-state index contributed by atoms with van der Waals surface area (Å²) in [5.74, 6) is 3.43. The number of ether oxygens (including phenoxy) is 2. The number of hydrogen-bond acceptors (Lipinski definition) is 5. The first-order chi connectivity index (χ1) is 14.1. The van der Waals surface area contributed by atoms with E-state index < -0.39 is 0 Å². The lowest BCUT2D eigenvalue weighted by Gasteiger charge is -2.12. The van der Waals surface area contributed by atoms with Gasteiger partial charge < -0.3 is 14.8 Å². The SMILES string of the molecule is CCOc1ccc(OCC(=O)Nc2c3c(nn2-c2cccc(Cl)c2)CSC3)cc1. The average Bonchev–Trinajstić information content (AvgIpc) is 3.30. The fraction of sp³-hybridized carbons (Fsp3) is 0.238. The van der Waals surface area contributed by atoms with Crippen LogP contribution in [0.2, 0.25) is 5.02 Å². The number of anilines is 1. The molecule has 0 aliphatic carbocycles. The van der Waals surface area contributed by atoms with Crippen LogP contribution in [0.4, 0.5) is 5.82 Å². The number of rotatable bonds is 7. The van der Waals surface area contributed by atoms with Crippen molar-refractivity contribution < 1.29 is 14.3 Å². The summed E-state index contributed by atoms with van der Waals surface area (Å²) in [6.07, 6.45) is 0. The molecule has 29 heavy (non-hydrogen) atoms. The third kappa shape index (κ3) is 4.52. The smallest absolute Gasteiger partial charge is 0.263 e. The zero-order chi connectivity index (χ0) is 20.2. The Morgan fingerprint density at radius 1 is 1.17 bits per heavy atom. The van der Waals surface area contributed by atoms with E-state index in [1.807, 2.05) is 37.3 Å². The molecule has 1 aliphatic heterocycles. The van der Waals surface area contributed by atoms with E-state index in [4.69, 9.17) is 21.1 Å². The second-order valence-corrected chi connectivity index (χ2v) is 7.82. The third-order valence-electron chi connectivity index (χ3n) is 4.37. The molecule has 0 saturated carbocycles. The fourth-order valence-electron chi connectivity index (χ4n) is 3.05. The van der Waals surface area contributed by atoms with Crippen LogP contribution in [0.15, 0.2) is 48.5 Å². The average molecular weight is 430 g/mol. The molecule has 1 aliphatic rings. The van der Waals surface area contributed by atoms with Gasteiger partial charge in [-0.2, -0.15) is 16.9 Å². The van der Waals surface area contributed by atoms with Crippen molar-refractivity contribution in [1.29, 1.82) is 0 Å². The zero-order valence-electron chi connectivity index (χ0n) is 15.9. The number of nitrogens with one attached hydrogen (secondary N) is 1. The highest BCUT2D eigenvalue weighted by Gasteiger charge is 2.24. The highest BCUT2D eigenvalue weighted by molar-refractivity contribution is 7.98. The number of carbonyl (C=O) groups excluding carboxylic acids is 1. The molecule has 0 spiro atoms. The monoisotopic (exact) mass is 429 g/mol. The van der Waals surface area contributed by atoms with Crippen molar-refractivity contribution >= 4 is 35.1 Å². The van der Waals surface area contributed by atoms with Crippen molar-refractivity contribution in [3.05, 3.63) is 64.8 Å². The van der Waals surface area contributed by atoms with Gasteiger partial charge in [0, 0.05) is 22.1 Å². The van der Waals surface area contributed by atoms with E-state index >= 15 is 0 Å². The van der Waals surface area contributed by atoms with Crippen LogP contribution < -0.4 is 14.8 Å². The van der Waals surface area contributed by atoms with Gasteiger partial charge in [-0.3, -0.25) is 4.79 Å². The van der Waals surface area contributed by atoms with Crippen LogP contribution >= 0.6 is 23.4 Å². The van der Waals surface area contributed by atoms with Gasteiger partial charge in [0.2, 0.25) is 0 Å². The van der Waals surface area contributed by atoms with Gasteiger partial charge in [0.1, 0.15) is 17.3 Å². The van der Waals surface area contributed by atoms with Crippen LogP contribution in [0, 0.1) is 0 Å². The van der Waals surface area contributed by atoms with Crippen LogP contribution in [0.5, 0.6) is 11.5 Å². The Balaban J connectivity index is 1.48. The van der Waals surface area contributed by atoms with Crippen molar-refractivity contribution in [3.63, 3.8) is 0 Å². The third-order valence-corrected chi connectivity index (χ3v) is 5.57. The molecular weight excluding hydrogens is 410 g/mol. The van der Waals surface area contributed by atoms with E-state index in [9.17, 15) is 4.79 Å². The van der Waals surface area contributed by atoms with E-state index in [1.165, 1.54) is 0 Å². The molecule has 0 radical (unpaired) electrons. The topological polar surface area (TPSA) is 65.4 Å². The molecule has 6 nitrogen and oxygen atoms in total. The molecule has 8 heteroatoms. The minimum absolute atomic E-state index is 0.101. The van der Waals surface area contributed by atoms with Gasteiger partial charge in [0.25, 0.3) is 5.91 Å². The van der Waals surface area contributed by atoms with Gasteiger partial charge >= 0.3 is 0 Å². The quantitative estimate of drug-likeness (QED) is 0.590. The lowest BCUT2D eigenvalue weighted by molar-refractivity contribution is -0.118. The Kier molecular flexibility index (Phi) is 5.97. The highest BCUT2D eigenvalue weighted by atomic mass is 35.5. The molecule has 150 valence electrons. The largest absolute Gasteiger partial charge is 0.494 e. The number of benzene rings is 2. The Bertz CT molecular complexity index is 1020. The van der Waals surface area contributed by atoms with Gasteiger partial charge in [-0.1, -0.05) is 17.7 Å². The van der Waals surface area contributed by atoms with E-state index in [-0.39, 0.29) is 12.5 Å². The van der Waals surface area contributed by atoms with Crippen molar-refractivity contribution in [1.82, 2.24) is 9.78 Å². The maximum absolute atomic E-state index is 12.6. The van der Waals surface area contributed by atoms with Crippen molar-refractivity contribution in [2.75, 3.05) is 18.5 Å². The summed E-state index contributed by atoms with van der Waals surface area (Å²) in [7, 11) is 0. The van der Waals surface area contributed by atoms with Crippen molar-refractivity contribution in [2.24, 2.45) is 0 Å². The molecular formula is C21H20ClN3O3S. The van der Waals surface area contributed by atoms with E-state index in [2.05, 4.69) is 10.4 Å². The fourth-order valence-corrected chi connectivity index (χ4v) is 4.27. The van der Waals surface area contributed by atoms with Gasteiger partial charge in [-0.15, -0.1) is 0 Å². The summed E-state index contributed by atoms with van der Waals surface area (Å²) in [5.41, 5.74) is 2.83. The van der Waals surface area contributed by atoms with Crippen LogP contribution in [0.25, 0.3) is 5.69 Å². The van der Waals surface area contributed by atoms with E-state index in [1.54, 1.807) is 34.6 Å². The lowest BCUT2D eigenvalue weighted by atomic mass is 10.2. The van der Waals surface area contributed by atoms with Crippen molar-refractivity contribution in [3.8, 4) is 17.2 Å². The molecule has 0 unspecified atom stereocenters. The first-order valence-electron chi connectivity index (χ1n) is 9.24. The summed E-state index contributed by atoms with van der Waals surface area (Å²) in [4.78, 5) is 12.6. The number of nitrogens with zero attached hydrogens (tertiary/aromatic N) is 2. The van der Waals surface area contributed by atoms with Gasteiger partial charge in [-0.05, 0) is 49.4 Å². The van der Waals surface area contributed by atoms with Crippen LogP contribution in [0.3, 0.4) is 0 Å². The highest BCUT2D eigenvalue weighted by Crippen LogP contribution is 2.36. The molecule has 2 aromatic carbocycles. The molecule has 4 rings (SSSR count). The number of halogens is 1. The maximum atomic E-state index is 12.6. The van der Waals surface area contributed by atoms with Crippen molar-refractivity contribution in [2.45, 2.75) is 18.4 Å². The Labute approximate surface area is 178 Å². The number of amides is 1. The second kappa shape index (κ2) is 8.80. The van der Waals surface area contributed by atoms with E-state index in [0.29, 0.717) is 23.2 Å². The molecule has 1 N–H and O–H groups in total. The molecule has 2 heterocycles.